The third kappa shape index (κ3) is 2.84. The van der Waals surface area contributed by atoms with Gasteiger partial charge in [-0.2, -0.15) is 0 Å². The smallest absolute Gasteiger partial charge is 0.247 e. The number of nitrogens with zero attached hydrogens (tertiary/aromatic N) is 4. The van der Waals surface area contributed by atoms with Crippen LogP contribution in [0.15, 0.2) is 18.3 Å². The predicted octanol–water partition coefficient (Wildman–Crippen LogP) is 1.91. The van der Waals surface area contributed by atoms with Gasteiger partial charge in [-0.05, 0) is 57.7 Å². The summed E-state index contributed by atoms with van der Waals surface area (Å²) in [5, 5.41) is 0. The minimum atomic E-state index is -0.293. The van der Waals surface area contributed by atoms with Crippen molar-refractivity contribution < 1.29 is 4.79 Å². The Morgan fingerprint density at radius 3 is 2.54 bits per heavy atom. The maximum atomic E-state index is 13.5. The first-order valence-electron chi connectivity index (χ1n) is 9.27. The van der Waals surface area contributed by atoms with Crippen LogP contribution in [0, 0.1) is 12.8 Å². The van der Waals surface area contributed by atoms with Crippen molar-refractivity contribution in [3.8, 4) is 0 Å². The van der Waals surface area contributed by atoms with Gasteiger partial charge in [-0.25, -0.2) is 0 Å². The summed E-state index contributed by atoms with van der Waals surface area (Å²) in [6, 6.07) is 4.04. The quantitative estimate of drug-likeness (QED) is 0.850. The number of carbonyl (C=O) groups excluding carboxylic acids is 1. The number of carbonyl (C=O) groups is 1. The monoisotopic (exact) mass is 328 g/mol. The molecule has 4 rings (SSSR count). The zero-order valence-corrected chi connectivity index (χ0v) is 14.9. The van der Waals surface area contributed by atoms with E-state index in [1.807, 2.05) is 30.2 Å². The van der Waals surface area contributed by atoms with Crippen LogP contribution in [0.4, 0.5) is 5.69 Å². The van der Waals surface area contributed by atoms with E-state index in [4.69, 9.17) is 0 Å². The van der Waals surface area contributed by atoms with Gasteiger partial charge in [0.25, 0.3) is 0 Å². The first-order valence-corrected chi connectivity index (χ1v) is 9.27. The zero-order valence-electron chi connectivity index (χ0n) is 14.9. The molecule has 3 fully saturated rings. The van der Waals surface area contributed by atoms with E-state index in [1.54, 1.807) is 0 Å². The van der Waals surface area contributed by atoms with E-state index in [1.165, 1.54) is 12.8 Å². The Morgan fingerprint density at radius 2 is 1.92 bits per heavy atom. The molecule has 1 spiro atoms. The van der Waals surface area contributed by atoms with Crippen LogP contribution in [0.3, 0.4) is 0 Å². The van der Waals surface area contributed by atoms with Crippen LogP contribution in [-0.2, 0) is 4.79 Å². The van der Waals surface area contributed by atoms with Crippen molar-refractivity contribution in [3.63, 3.8) is 0 Å². The van der Waals surface area contributed by atoms with Gasteiger partial charge < -0.3 is 9.80 Å². The Morgan fingerprint density at radius 1 is 1.17 bits per heavy atom. The van der Waals surface area contributed by atoms with Gasteiger partial charge in [-0.3, -0.25) is 14.7 Å². The number of amides is 1. The molecule has 2 saturated heterocycles. The minimum Gasteiger partial charge on any atom is -0.308 e. The Bertz CT molecular complexity index is 602. The van der Waals surface area contributed by atoms with Crippen LogP contribution >= 0.6 is 0 Å². The normalized spacial score (nSPS) is 25.4. The van der Waals surface area contributed by atoms with Crippen molar-refractivity contribution in [2.75, 3.05) is 44.7 Å². The summed E-state index contributed by atoms with van der Waals surface area (Å²) in [7, 11) is 2.16. The van der Waals surface area contributed by atoms with E-state index < -0.39 is 0 Å². The molecule has 0 bridgehead atoms. The molecule has 0 atom stereocenters. The topological polar surface area (TPSA) is 39.7 Å². The molecule has 130 valence electrons. The van der Waals surface area contributed by atoms with Crippen LogP contribution in [-0.4, -0.2) is 66.0 Å². The number of hydrogen-bond donors (Lipinski definition) is 0. The number of piperazine rings is 1. The highest BCUT2D eigenvalue weighted by molar-refractivity contribution is 6.01. The molecule has 3 aliphatic rings. The SMILES string of the molecule is Cc1ccc(N2CCN(CC3CC3)C3(CCN(C)CC3)C2=O)cn1. The molecular weight excluding hydrogens is 300 g/mol. The third-order valence-corrected chi connectivity index (χ3v) is 6.04. The Hall–Kier alpha value is -1.46. The molecule has 0 N–H and O–H groups in total. The fourth-order valence-corrected chi connectivity index (χ4v) is 4.19. The van der Waals surface area contributed by atoms with Gasteiger partial charge in [-0.15, -0.1) is 0 Å². The third-order valence-electron chi connectivity index (χ3n) is 6.04. The number of hydrogen-bond acceptors (Lipinski definition) is 4. The number of piperidine rings is 1. The Balaban J connectivity index is 1.61. The van der Waals surface area contributed by atoms with E-state index in [0.29, 0.717) is 5.91 Å². The summed E-state index contributed by atoms with van der Waals surface area (Å²) in [4.78, 5) is 24.8. The molecule has 2 aliphatic heterocycles. The van der Waals surface area contributed by atoms with Gasteiger partial charge >= 0.3 is 0 Å². The van der Waals surface area contributed by atoms with Crippen LogP contribution in [0.1, 0.15) is 31.4 Å². The molecule has 1 aromatic heterocycles. The second-order valence-electron chi connectivity index (χ2n) is 7.84. The number of anilines is 1. The molecule has 0 unspecified atom stereocenters. The molecule has 5 nitrogen and oxygen atoms in total. The second kappa shape index (κ2) is 6.12. The van der Waals surface area contributed by atoms with Gasteiger partial charge in [0.05, 0.1) is 11.9 Å². The molecule has 24 heavy (non-hydrogen) atoms. The highest BCUT2D eigenvalue weighted by Gasteiger charge is 2.51. The fraction of sp³-hybridized carbons (Fsp3) is 0.684. The molecule has 0 radical (unpaired) electrons. The number of rotatable bonds is 3. The summed E-state index contributed by atoms with van der Waals surface area (Å²) in [6.45, 7) is 6.88. The molecular formula is C19H28N4O. The second-order valence-corrected chi connectivity index (χ2v) is 7.84. The number of pyridine rings is 1. The lowest BCUT2D eigenvalue weighted by Crippen LogP contribution is -2.69. The number of likely N-dealkylation sites (tertiary alicyclic amines) is 1. The standard InChI is InChI=1S/C19H28N4O/c1-15-3-6-17(13-20-15)23-12-11-22(14-16-4-5-16)19(18(23)24)7-9-21(2)10-8-19/h3,6,13,16H,4-5,7-12,14H2,1-2H3. The van der Waals surface area contributed by atoms with E-state index in [9.17, 15) is 4.79 Å². The van der Waals surface area contributed by atoms with Crippen molar-refractivity contribution in [1.29, 1.82) is 0 Å². The lowest BCUT2D eigenvalue weighted by atomic mass is 9.82. The van der Waals surface area contributed by atoms with E-state index >= 15 is 0 Å². The Labute approximate surface area is 144 Å². The lowest BCUT2D eigenvalue weighted by molar-refractivity contribution is -0.137. The molecule has 1 saturated carbocycles. The van der Waals surface area contributed by atoms with Crippen molar-refractivity contribution in [2.45, 2.75) is 38.1 Å². The maximum Gasteiger partial charge on any atom is 0.247 e. The number of aryl methyl sites for hydroxylation is 1. The summed E-state index contributed by atoms with van der Waals surface area (Å²) in [6.07, 6.45) is 6.43. The molecule has 3 heterocycles. The largest absolute Gasteiger partial charge is 0.308 e. The average molecular weight is 328 g/mol. The first kappa shape index (κ1) is 16.0. The molecule has 1 aliphatic carbocycles. The van der Waals surface area contributed by atoms with Gasteiger partial charge in [0, 0.05) is 38.4 Å². The molecule has 0 aromatic carbocycles. The summed E-state index contributed by atoms with van der Waals surface area (Å²) >= 11 is 0. The Kier molecular flexibility index (Phi) is 4.09. The molecule has 5 heteroatoms. The highest BCUT2D eigenvalue weighted by atomic mass is 16.2. The van der Waals surface area contributed by atoms with Crippen LogP contribution in [0.25, 0.3) is 0 Å². The lowest BCUT2D eigenvalue weighted by Gasteiger charge is -2.52. The first-order chi connectivity index (χ1) is 11.6. The van der Waals surface area contributed by atoms with E-state index in [0.717, 1.165) is 62.9 Å². The maximum absolute atomic E-state index is 13.5. The van der Waals surface area contributed by atoms with Crippen LogP contribution < -0.4 is 4.90 Å². The highest BCUT2D eigenvalue weighted by Crippen LogP contribution is 2.39. The van der Waals surface area contributed by atoms with Gasteiger partial charge in [-0.1, -0.05) is 0 Å². The predicted molar refractivity (Wildman–Crippen MR) is 95.1 cm³/mol. The zero-order chi connectivity index (χ0) is 16.7. The molecule has 1 amide bonds. The van der Waals surface area contributed by atoms with E-state index in [2.05, 4.69) is 21.8 Å². The van der Waals surface area contributed by atoms with Crippen molar-refractivity contribution in [2.24, 2.45) is 5.92 Å². The van der Waals surface area contributed by atoms with E-state index in [-0.39, 0.29) is 5.54 Å². The minimum absolute atomic E-state index is 0.293. The summed E-state index contributed by atoms with van der Waals surface area (Å²) < 4.78 is 0. The van der Waals surface area contributed by atoms with Crippen LogP contribution in [0.5, 0.6) is 0 Å². The molecule has 1 aromatic rings. The van der Waals surface area contributed by atoms with Crippen molar-refractivity contribution in [3.05, 3.63) is 24.0 Å². The van der Waals surface area contributed by atoms with Crippen LogP contribution in [0.2, 0.25) is 0 Å². The van der Waals surface area contributed by atoms with Gasteiger partial charge in [0.2, 0.25) is 5.91 Å². The van der Waals surface area contributed by atoms with Gasteiger partial charge in [0.1, 0.15) is 5.54 Å². The van der Waals surface area contributed by atoms with Gasteiger partial charge in [0.15, 0.2) is 0 Å². The van der Waals surface area contributed by atoms with Crippen molar-refractivity contribution >= 4 is 11.6 Å². The summed E-state index contributed by atoms with van der Waals surface area (Å²) in [5.74, 6) is 1.12. The fourth-order valence-electron chi connectivity index (χ4n) is 4.19. The number of aromatic nitrogens is 1. The summed E-state index contributed by atoms with van der Waals surface area (Å²) in [5.41, 5.74) is 1.65. The van der Waals surface area contributed by atoms with Crippen molar-refractivity contribution in [1.82, 2.24) is 14.8 Å². The average Bonchev–Trinajstić information content (AvgIpc) is 3.40.